The number of amides is 1. The Kier molecular flexibility index (Phi) is 8.08. The van der Waals surface area contributed by atoms with Crippen LogP contribution in [0.15, 0.2) is 35.3 Å². The van der Waals surface area contributed by atoms with Crippen LogP contribution in [0.5, 0.6) is 11.5 Å². The molecule has 10 heteroatoms. The summed E-state index contributed by atoms with van der Waals surface area (Å²) >= 11 is 0. The molecule has 1 amide bonds. The van der Waals surface area contributed by atoms with E-state index in [1.54, 1.807) is 38.6 Å². The quantitative estimate of drug-likeness (QED) is 0.479. The van der Waals surface area contributed by atoms with Crippen LogP contribution < -0.4 is 25.7 Å². The smallest absolute Gasteiger partial charge is 0.293 e. The van der Waals surface area contributed by atoms with Gasteiger partial charge in [0.1, 0.15) is 11.3 Å². The number of allylic oxidation sites excluding steroid dienone is 1. The zero-order valence-corrected chi connectivity index (χ0v) is 22.0. The third-order valence-electron chi connectivity index (χ3n) is 6.52. The average Bonchev–Trinajstić information content (AvgIpc) is 2.90. The van der Waals surface area contributed by atoms with Crippen molar-refractivity contribution in [3.05, 3.63) is 52.0 Å². The van der Waals surface area contributed by atoms with E-state index >= 15 is 0 Å². The van der Waals surface area contributed by atoms with Gasteiger partial charge in [-0.05, 0) is 65.0 Å². The van der Waals surface area contributed by atoms with Gasteiger partial charge in [-0.1, -0.05) is 12.2 Å². The Labute approximate surface area is 216 Å². The number of benzene rings is 1. The fourth-order valence-corrected chi connectivity index (χ4v) is 4.45. The van der Waals surface area contributed by atoms with Crippen molar-refractivity contribution in [1.29, 1.82) is 0 Å². The molecule has 10 nitrogen and oxygen atoms in total. The monoisotopic (exact) mass is 506 g/mol. The van der Waals surface area contributed by atoms with Gasteiger partial charge in [-0.3, -0.25) is 9.59 Å². The van der Waals surface area contributed by atoms with Crippen LogP contribution in [0.3, 0.4) is 0 Å². The second-order valence-corrected chi connectivity index (χ2v) is 9.06. The molecular formula is C27H34N6O4. The molecule has 0 spiro atoms. The number of fused-ring (bicyclic) bond motifs is 1. The maximum absolute atomic E-state index is 12.9. The highest BCUT2D eigenvalue weighted by atomic mass is 16.5. The molecule has 0 bridgehead atoms. The van der Waals surface area contributed by atoms with E-state index in [0.29, 0.717) is 46.2 Å². The number of methoxy groups -OCH3 is 1. The van der Waals surface area contributed by atoms with Crippen LogP contribution in [0.2, 0.25) is 0 Å². The number of rotatable bonds is 8. The second-order valence-electron chi connectivity index (χ2n) is 9.06. The number of nitrogens with one attached hydrogen (secondary N) is 2. The van der Waals surface area contributed by atoms with Gasteiger partial charge in [0.25, 0.3) is 11.5 Å². The van der Waals surface area contributed by atoms with E-state index in [4.69, 9.17) is 14.5 Å². The van der Waals surface area contributed by atoms with Gasteiger partial charge in [0.2, 0.25) is 5.95 Å². The summed E-state index contributed by atoms with van der Waals surface area (Å²) < 4.78 is 12.7. The predicted molar refractivity (Wildman–Crippen MR) is 145 cm³/mol. The summed E-state index contributed by atoms with van der Waals surface area (Å²) in [6.07, 6.45) is 7.12. The minimum Gasteiger partial charge on any atom is -0.495 e. The Balaban J connectivity index is 1.63. The molecule has 4 rings (SSSR count). The highest BCUT2D eigenvalue weighted by Gasteiger charge is 2.21. The number of likely N-dealkylation sites (tertiary alicyclic amines) is 1. The normalized spacial score (nSPS) is 14.7. The van der Waals surface area contributed by atoms with Crippen LogP contribution in [0.25, 0.3) is 17.1 Å². The third-order valence-corrected chi connectivity index (χ3v) is 6.52. The van der Waals surface area contributed by atoms with Crippen LogP contribution in [0, 0.1) is 0 Å². The summed E-state index contributed by atoms with van der Waals surface area (Å²) in [5.74, 6) is 0.935. The molecule has 1 aromatic carbocycles. The Bertz CT molecular complexity index is 1380. The number of ether oxygens (including phenoxy) is 2. The van der Waals surface area contributed by atoms with Gasteiger partial charge in [0.15, 0.2) is 5.75 Å². The summed E-state index contributed by atoms with van der Waals surface area (Å²) in [6, 6.07) is 5.39. The summed E-state index contributed by atoms with van der Waals surface area (Å²) in [6.45, 7) is 6.00. The molecule has 0 radical (unpaired) electrons. The largest absolute Gasteiger partial charge is 0.495 e. The van der Waals surface area contributed by atoms with Gasteiger partial charge in [-0.2, -0.15) is 0 Å². The van der Waals surface area contributed by atoms with Gasteiger partial charge in [-0.25, -0.2) is 9.97 Å². The number of aromatic nitrogens is 3. The standard InChI is InChI=1S/C27H34N6O4/c1-6-8-19-23-21(33(4)26(35)24(19)37-7-2)16-28-27(31-23)30-20-10-9-17(15-22(20)36-5)25(34)29-18-11-13-32(3)14-12-18/h6,8-10,15-16,18H,7,11-14H2,1-5H3,(H,29,34)(H,28,30,31). The fourth-order valence-electron chi connectivity index (χ4n) is 4.45. The average molecular weight is 507 g/mol. The second kappa shape index (κ2) is 11.4. The summed E-state index contributed by atoms with van der Waals surface area (Å²) in [5.41, 5.74) is 2.64. The molecule has 0 unspecified atom stereocenters. The number of carbonyl (C=O) groups is 1. The van der Waals surface area contributed by atoms with E-state index < -0.39 is 0 Å². The fraction of sp³-hybridized carbons (Fsp3) is 0.407. The number of carbonyl (C=O) groups excluding carboxylic acids is 1. The van der Waals surface area contributed by atoms with Crippen LogP contribution in [-0.2, 0) is 7.05 Å². The number of hydrogen-bond donors (Lipinski definition) is 2. The maximum atomic E-state index is 12.9. The molecule has 2 N–H and O–H groups in total. The zero-order chi connectivity index (χ0) is 26.5. The van der Waals surface area contributed by atoms with Crippen molar-refractivity contribution in [1.82, 2.24) is 24.8 Å². The van der Waals surface area contributed by atoms with Crippen molar-refractivity contribution in [3.63, 3.8) is 0 Å². The molecule has 3 heterocycles. The molecule has 0 aliphatic carbocycles. The Hall–Kier alpha value is -3.92. The summed E-state index contributed by atoms with van der Waals surface area (Å²) in [7, 11) is 5.31. The molecule has 1 aliphatic heterocycles. The molecular weight excluding hydrogens is 472 g/mol. The highest BCUT2D eigenvalue weighted by Crippen LogP contribution is 2.30. The molecule has 0 saturated carbocycles. The van der Waals surface area contributed by atoms with Crippen molar-refractivity contribution in [2.75, 3.05) is 39.2 Å². The van der Waals surface area contributed by atoms with Crippen LogP contribution in [0.4, 0.5) is 11.6 Å². The topological polar surface area (TPSA) is 111 Å². The first-order valence-corrected chi connectivity index (χ1v) is 12.5. The van der Waals surface area contributed by atoms with E-state index in [1.165, 1.54) is 4.57 Å². The van der Waals surface area contributed by atoms with E-state index in [0.717, 1.165) is 25.9 Å². The van der Waals surface area contributed by atoms with Crippen molar-refractivity contribution in [2.45, 2.75) is 32.7 Å². The summed E-state index contributed by atoms with van der Waals surface area (Å²) in [5, 5.41) is 6.31. The van der Waals surface area contributed by atoms with Crippen LogP contribution in [0.1, 0.15) is 42.6 Å². The lowest BCUT2D eigenvalue weighted by Crippen LogP contribution is -2.43. The van der Waals surface area contributed by atoms with E-state index in [1.807, 2.05) is 26.0 Å². The molecule has 0 atom stereocenters. The number of anilines is 2. The van der Waals surface area contributed by atoms with E-state index in [9.17, 15) is 9.59 Å². The first-order valence-electron chi connectivity index (χ1n) is 12.5. The lowest BCUT2D eigenvalue weighted by Gasteiger charge is -2.29. The highest BCUT2D eigenvalue weighted by molar-refractivity contribution is 5.95. The van der Waals surface area contributed by atoms with Gasteiger partial charge >= 0.3 is 0 Å². The minimum atomic E-state index is -0.248. The third kappa shape index (κ3) is 5.59. The molecule has 2 aromatic heterocycles. The molecule has 3 aromatic rings. The van der Waals surface area contributed by atoms with Gasteiger partial charge in [-0.15, -0.1) is 0 Å². The Morgan fingerprint density at radius 2 is 2.00 bits per heavy atom. The number of piperidine rings is 1. The lowest BCUT2D eigenvalue weighted by atomic mass is 10.0. The van der Waals surface area contributed by atoms with Crippen molar-refractivity contribution in [2.24, 2.45) is 7.05 Å². The zero-order valence-electron chi connectivity index (χ0n) is 22.0. The Morgan fingerprint density at radius 3 is 2.68 bits per heavy atom. The summed E-state index contributed by atoms with van der Waals surface area (Å²) in [4.78, 5) is 37.1. The minimum absolute atomic E-state index is 0.123. The molecule has 196 valence electrons. The Morgan fingerprint density at radius 1 is 1.24 bits per heavy atom. The van der Waals surface area contributed by atoms with Crippen molar-refractivity contribution in [3.8, 4) is 11.5 Å². The number of nitrogens with zero attached hydrogens (tertiary/aromatic N) is 4. The number of hydrogen-bond acceptors (Lipinski definition) is 8. The van der Waals surface area contributed by atoms with Crippen molar-refractivity contribution >= 4 is 34.7 Å². The molecule has 1 saturated heterocycles. The number of aryl methyl sites for hydroxylation is 1. The van der Waals surface area contributed by atoms with Crippen LogP contribution in [-0.4, -0.2) is 65.2 Å². The van der Waals surface area contributed by atoms with Crippen molar-refractivity contribution < 1.29 is 14.3 Å². The predicted octanol–water partition coefficient (Wildman–Crippen LogP) is 3.34. The molecule has 1 fully saturated rings. The number of pyridine rings is 1. The SMILES string of the molecule is CC=Cc1c(OCC)c(=O)n(C)c2cnc(Nc3ccc(C(=O)NC4CCN(C)CC4)cc3OC)nc12. The molecule has 1 aliphatic rings. The van der Waals surface area contributed by atoms with Gasteiger partial charge in [0.05, 0.1) is 36.7 Å². The molecule has 37 heavy (non-hydrogen) atoms. The first-order chi connectivity index (χ1) is 17.9. The van der Waals surface area contributed by atoms with Gasteiger partial charge in [0, 0.05) is 18.7 Å². The maximum Gasteiger partial charge on any atom is 0.293 e. The van der Waals surface area contributed by atoms with Gasteiger partial charge < -0.3 is 29.6 Å². The van der Waals surface area contributed by atoms with Crippen LogP contribution >= 0.6 is 0 Å². The van der Waals surface area contributed by atoms with E-state index in [-0.39, 0.29) is 23.3 Å². The van der Waals surface area contributed by atoms with E-state index in [2.05, 4.69) is 27.6 Å². The lowest BCUT2D eigenvalue weighted by molar-refractivity contribution is 0.0916. The first kappa shape index (κ1) is 26.2.